The largest absolute Gasteiger partial charge is 0.398 e. The molecule has 2 atom stereocenters. The van der Waals surface area contributed by atoms with Crippen molar-refractivity contribution >= 4 is 23.2 Å². The van der Waals surface area contributed by atoms with Crippen LogP contribution < -0.4 is 5.73 Å². The molecule has 2 bridgehead atoms. The Kier molecular flexibility index (Phi) is 3.61. The highest BCUT2D eigenvalue weighted by molar-refractivity contribution is 6.34. The van der Waals surface area contributed by atoms with Crippen LogP contribution >= 0.6 is 11.6 Å². The molecule has 108 valence electrons. The Balaban J connectivity index is 1.84. The summed E-state index contributed by atoms with van der Waals surface area (Å²) >= 11 is 6.15. The van der Waals surface area contributed by atoms with Crippen LogP contribution in [-0.2, 0) is 0 Å². The fraction of sp³-hybridized carbons (Fsp3) is 0.533. The highest BCUT2D eigenvalue weighted by Gasteiger charge is 2.36. The maximum Gasteiger partial charge on any atom is 0.257 e. The van der Waals surface area contributed by atoms with E-state index in [9.17, 15) is 4.79 Å². The molecule has 2 saturated heterocycles. The normalized spacial score (nSPS) is 26.6. The quantitative estimate of drug-likeness (QED) is 0.808. The predicted octanol–water partition coefficient (Wildman–Crippen LogP) is 2.23. The van der Waals surface area contributed by atoms with Crippen molar-refractivity contribution in [2.45, 2.75) is 31.3 Å². The highest BCUT2D eigenvalue weighted by Crippen LogP contribution is 2.30. The number of nitrogen functional groups attached to an aromatic ring is 1. The third-order valence-electron chi connectivity index (χ3n) is 4.70. The first-order chi connectivity index (χ1) is 9.58. The maximum absolute atomic E-state index is 12.7. The van der Waals surface area contributed by atoms with Gasteiger partial charge < -0.3 is 10.6 Å². The summed E-state index contributed by atoms with van der Waals surface area (Å²) in [5, 5.41) is 0.442. The Morgan fingerprint density at radius 1 is 1.30 bits per heavy atom. The van der Waals surface area contributed by atoms with Crippen LogP contribution in [0.5, 0.6) is 0 Å². The molecule has 1 amide bonds. The first-order valence-electron chi connectivity index (χ1n) is 7.13. The number of anilines is 1. The van der Waals surface area contributed by atoms with E-state index in [2.05, 4.69) is 11.9 Å². The van der Waals surface area contributed by atoms with Crippen molar-refractivity contribution in [3.63, 3.8) is 0 Å². The summed E-state index contributed by atoms with van der Waals surface area (Å²) in [6, 6.07) is 6.31. The van der Waals surface area contributed by atoms with Gasteiger partial charge in [0.1, 0.15) is 0 Å². The van der Waals surface area contributed by atoms with Crippen LogP contribution in [0.1, 0.15) is 29.6 Å². The summed E-state index contributed by atoms with van der Waals surface area (Å²) in [7, 11) is 2.17. The van der Waals surface area contributed by atoms with Gasteiger partial charge >= 0.3 is 0 Å². The first kappa shape index (κ1) is 13.7. The van der Waals surface area contributed by atoms with E-state index in [0.717, 1.165) is 19.5 Å². The molecule has 2 aliphatic heterocycles. The zero-order valence-corrected chi connectivity index (χ0v) is 12.4. The summed E-state index contributed by atoms with van der Waals surface area (Å²) < 4.78 is 0. The number of benzene rings is 1. The molecule has 2 unspecified atom stereocenters. The number of carbonyl (C=O) groups is 1. The number of rotatable bonds is 1. The zero-order valence-electron chi connectivity index (χ0n) is 11.7. The summed E-state index contributed by atoms with van der Waals surface area (Å²) in [5.41, 5.74) is 6.85. The molecule has 0 spiro atoms. The van der Waals surface area contributed by atoms with Gasteiger partial charge in [-0.3, -0.25) is 9.69 Å². The van der Waals surface area contributed by atoms with Crippen molar-refractivity contribution in [1.29, 1.82) is 0 Å². The SMILES string of the molecule is CN1C2CCC1CN(C(=O)c1c(N)cccc1Cl)CC2. The number of carbonyl (C=O) groups excluding carboxylic acids is 1. The van der Waals surface area contributed by atoms with Crippen LogP contribution in [0.15, 0.2) is 18.2 Å². The number of nitrogens with two attached hydrogens (primary N) is 1. The Labute approximate surface area is 124 Å². The van der Waals surface area contributed by atoms with Gasteiger partial charge in [0.05, 0.1) is 10.6 Å². The third kappa shape index (κ3) is 2.27. The lowest BCUT2D eigenvalue weighted by molar-refractivity contribution is 0.0741. The second kappa shape index (κ2) is 5.26. The van der Waals surface area contributed by atoms with Gasteiger partial charge in [-0.1, -0.05) is 17.7 Å². The Bertz CT molecular complexity index is 514. The molecule has 3 rings (SSSR count). The van der Waals surface area contributed by atoms with Gasteiger partial charge in [0, 0.05) is 30.9 Å². The minimum atomic E-state index is -0.0333. The lowest BCUT2D eigenvalue weighted by atomic mass is 10.1. The molecule has 1 aromatic carbocycles. The minimum Gasteiger partial charge on any atom is -0.398 e. The molecule has 4 nitrogen and oxygen atoms in total. The van der Waals surface area contributed by atoms with Gasteiger partial charge in [-0.2, -0.15) is 0 Å². The second-order valence-corrected chi connectivity index (χ2v) is 6.20. The van der Waals surface area contributed by atoms with Gasteiger partial charge in [0.15, 0.2) is 0 Å². The van der Waals surface area contributed by atoms with Gasteiger partial charge in [-0.15, -0.1) is 0 Å². The van der Waals surface area contributed by atoms with Crippen molar-refractivity contribution in [2.24, 2.45) is 0 Å². The molecule has 2 heterocycles. The van der Waals surface area contributed by atoms with E-state index in [-0.39, 0.29) is 5.91 Å². The summed E-state index contributed by atoms with van der Waals surface area (Å²) in [6.45, 7) is 1.56. The molecule has 0 aromatic heterocycles. The Morgan fingerprint density at radius 2 is 2.05 bits per heavy atom. The number of likely N-dealkylation sites (N-methyl/N-ethyl adjacent to an activating group) is 1. The minimum absolute atomic E-state index is 0.0333. The number of amides is 1. The van der Waals surface area contributed by atoms with Crippen LogP contribution in [0.4, 0.5) is 5.69 Å². The van der Waals surface area contributed by atoms with E-state index in [1.807, 2.05) is 4.90 Å². The van der Waals surface area contributed by atoms with Crippen molar-refractivity contribution in [3.05, 3.63) is 28.8 Å². The lowest BCUT2D eigenvalue weighted by Gasteiger charge is -2.26. The fourth-order valence-corrected chi connectivity index (χ4v) is 3.68. The average Bonchev–Trinajstić information content (AvgIpc) is 2.62. The summed E-state index contributed by atoms with van der Waals surface area (Å²) in [4.78, 5) is 17.1. The van der Waals surface area contributed by atoms with Crippen molar-refractivity contribution in [1.82, 2.24) is 9.80 Å². The standard InChI is InChI=1S/C15H20ClN3O/c1-18-10-5-6-11(18)9-19(8-7-10)15(20)14-12(16)3-2-4-13(14)17/h2-4,10-11H,5-9,17H2,1H3. The van der Waals surface area contributed by atoms with Crippen LogP contribution in [0.25, 0.3) is 0 Å². The molecule has 20 heavy (non-hydrogen) atoms. The average molecular weight is 294 g/mol. The first-order valence-corrected chi connectivity index (χ1v) is 7.51. The molecule has 2 fully saturated rings. The van der Waals surface area contributed by atoms with Gasteiger partial charge in [0.2, 0.25) is 0 Å². The van der Waals surface area contributed by atoms with Crippen LogP contribution in [0.3, 0.4) is 0 Å². The number of likely N-dealkylation sites (tertiary alicyclic amines) is 1. The maximum atomic E-state index is 12.7. The van der Waals surface area contributed by atoms with Gasteiger partial charge in [0.25, 0.3) is 5.91 Å². The van der Waals surface area contributed by atoms with E-state index < -0.39 is 0 Å². The predicted molar refractivity (Wildman–Crippen MR) is 81.0 cm³/mol. The number of fused-ring (bicyclic) bond motifs is 2. The van der Waals surface area contributed by atoms with Gasteiger partial charge in [-0.25, -0.2) is 0 Å². The molecule has 0 aliphatic carbocycles. The van der Waals surface area contributed by atoms with E-state index in [0.29, 0.717) is 28.4 Å². The van der Waals surface area contributed by atoms with Crippen LogP contribution in [-0.4, -0.2) is 47.9 Å². The number of nitrogens with zero attached hydrogens (tertiary/aromatic N) is 2. The molecular weight excluding hydrogens is 274 g/mol. The van der Waals surface area contributed by atoms with Crippen LogP contribution in [0, 0.1) is 0 Å². The fourth-order valence-electron chi connectivity index (χ4n) is 3.42. The topological polar surface area (TPSA) is 49.6 Å². The molecule has 2 N–H and O–H groups in total. The summed E-state index contributed by atoms with van der Waals surface area (Å²) in [6.07, 6.45) is 3.45. The monoisotopic (exact) mass is 293 g/mol. The molecule has 5 heteroatoms. The Hall–Kier alpha value is -1.26. The smallest absolute Gasteiger partial charge is 0.257 e. The molecular formula is C15H20ClN3O. The van der Waals surface area contributed by atoms with E-state index in [1.54, 1.807) is 18.2 Å². The number of hydrogen-bond acceptors (Lipinski definition) is 3. The highest BCUT2D eigenvalue weighted by atomic mass is 35.5. The second-order valence-electron chi connectivity index (χ2n) is 5.79. The number of hydrogen-bond donors (Lipinski definition) is 1. The molecule has 2 aliphatic rings. The third-order valence-corrected chi connectivity index (χ3v) is 5.01. The van der Waals surface area contributed by atoms with Gasteiger partial charge in [-0.05, 0) is 38.4 Å². The molecule has 0 radical (unpaired) electrons. The summed E-state index contributed by atoms with van der Waals surface area (Å²) in [5.74, 6) is -0.0333. The molecule has 1 aromatic rings. The van der Waals surface area contributed by atoms with Crippen molar-refractivity contribution in [3.8, 4) is 0 Å². The lowest BCUT2D eigenvalue weighted by Crippen LogP contribution is -2.40. The molecule has 0 saturated carbocycles. The zero-order chi connectivity index (χ0) is 14.3. The Morgan fingerprint density at radius 3 is 2.80 bits per heavy atom. The van der Waals surface area contributed by atoms with Crippen molar-refractivity contribution in [2.75, 3.05) is 25.9 Å². The van der Waals surface area contributed by atoms with Crippen LogP contribution in [0.2, 0.25) is 5.02 Å². The van der Waals surface area contributed by atoms with E-state index in [4.69, 9.17) is 17.3 Å². The van der Waals surface area contributed by atoms with Crippen molar-refractivity contribution < 1.29 is 4.79 Å². The number of halogens is 1. The van der Waals surface area contributed by atoms with E-state index in [1.165, 1.54) is 12.8 Å². The van der Waals surface area contributed by atoms with E-state index >= 15 is 0 Å².